The van der Waals surface area contributed by atoms with Gasteiger partial charge in [-0.05, 0) is 96.4 Å². The number of nitrogens with one attached hydrogen (secondary N) is 4. The number of aromatic nitrogens is 4. The molecule has 4 heterocycles. The Bertz CT molecular complexity index is 1950. The van der Waals surface area contributed by atoms with Crippen LogP contribution in [0.4, 0.5) is 8.78 Å². The van der Waals surface area contributed by atoms with Gasteiger partial charge in [-0.25, -0.2) is 9.97 Å². The maximum Gasteiger partial charge on any atom is 0.299 e. The molecule has 43 heavy (non-hydrogen) atoms. The third-order valence-corrected chi connectivity index (χ3v) is 11.0. The molecule has 216 valence electrons. The second kappa shape index (κ2) is 8.39. The van der Waals surface area contributed by atoms with Crippen LogP contribution in [0.3, 0.4) is 0 Å². The van der Waals surface area contributed by atoms with Crippen LogP contribution in [0.25, 0.3) is 44.5 Å². The molecule has 10 rings (SSSR count). The van der Waals surface area contributed by atoms with Crippen molar-refractivity contribution in [3.63, 3.8) is 0 Å². The number of rotatable bonds is 4. The summed E-state index contributed by atoms with van der Waals surface area (Å²) in [4.78, 5) is 16.4. The summed E-state index contributed by atoms with van der Waals surface area (Å²) in [6, 6.07) is 18.0. The van der Waals surface area contributed by atoms with Crippen molar-refractivity contribution in [1.82, 2.24) is 30.6 Å². The average Bonchev–Trinajstić information content (AvgIpc) is 3.68. The Morgan fingerprint density at radius 2 is 1.58 bits per heavy atom. The third kappa shape index (κ3) is 3.63. The number of benzene rings is 3. The van der Waals surface area contributed by atoms with E-state index in [0.717, 1.165) is 58.0 Å². The highest BCUT2D eigenvalue weighted by atomic mass is 19.3. The van der Waals surface area contributed by atoms with Gasteiger partial charge >= 0.3 is 0 Å². The van der Waals surface area contributed by atoms with E-state index in [4.69, 9.17) is 4.98 Å². The van der Waals surface area contributed by atoms with Gasteiger partial charge in [0.2, 0.25) is 0 Å². The van der Waals surface area contributed by atoms with Crippen LogP contribution in [0.1, 0.15) is 73.4 Å². The first-order valence-corrected chi connectivity index (χ1v) is 15.6. The first kappa shape index (κ1) is 24.6. The molecule has 8 heteroatoms. The number of fused-ring (bicyclic) bond motifs is 6. The molecule has 4 N–H and O–H groups in total. The maximum absolute atomic E-state index is 16.1. The molecule has 5 aromatic rings. The molecular formula is C35H32F2N6. The van der Waals surface area contributed by atoms with E-state index in [1.165, 1.54) is 32.1 Å². The number of piperidine rings is 1. The van der Waals surface area contributed by atoms with Gasteiger partial charge in [0.1, 0.15) is 11.6 Å². The van der Waals surface area contributed by atoms with Crippen molar-refractivity contribution in [2.75, 3.05) is 6.54 Å². The minimum atomic E-state index is -3.09. The van der Waals surface area contributed by atoms with Crippen LogP contribution in [-0.4, -0.2) is 32.5 Å². The lowest BCUT2D eigenvalue weighted by molar-refractivity contribution is 0.0481. The molecule has 5 aliphatic rings. The molecule has 2 bridgehead atoms. The second-order valence-corrected chi connectivity index (χ2v) is 13.7. The molecule has 6 nitrogen and oxygen atoms in total. The lowest BCUT2D eigenvalue weighted by atomic mass is 9.98. The molecule has 3 unspecified atom stereocenters. The van der Waals surface area contributed by atoms with E-state index in [-0.39, 0.29) is 23.2 Å². The van der Waals surface area contributed by atoms with E-state index in [9.17, 15) is 0 Å². The third-order valence-electron chi connectivity index (χ3n) is 11.0. The minimum Gasteiger partial charge on any atom is -0.341 e. The molecule has 0 amide bonds. The Hall–Kier alpha value is -3.88. The van der Waals surface area contributed by atoms with Crippen LogP contribution in [0.2, 0.25) is 0 Å². The monoisotopic (exact) mass is 574 g/mol. The number of H-pyrrole nitrogens is 2. The molecule has 2 aliphatic heterocycles. The van der Waals surface area contributed by atoms with Crippen LogP contribution < -0.4 is 10.6 Å². The molecule has 4 fully saturated rings. The standard InChI is InChI=1S/C35H32F2N6/c36-35(37)25-12-18(19-4-8-27-28(14-19)42-33(41-27)31-21-1-5-22(11-21)40-31)2-6-23(25)24-7-3-20(13-26(24)35)30-16-38-32(43-30)29-15-34(9-10-34)17-39-29/h2-4,6-8,12-14,16,21-22,29,31,39-40H,1,5,9-11,15,17H2,(H,38,43)(H,41,42)/t21-,22?,29?,31?/m0/s1. The van der Waals surface area contributed by atoms with E-state index >= 15 is 8.78 Å². The highest BCUT2D eigenvalue weighted by Crippen LogP contribution is 2.55. The predicted molar refractivity (Wildman–Crippen MR) is 162 cm³/mol. The molecule has 0 radical (unpaired) electrons. The summed E-state index contributed by atoms with van der Waals surface area (Å²) in [5, 5.41) is 7.29. The topological polar surface area (TPSA) is 81.4 Å². The zero-order chi connectivity index (χ0) is 28.5. The van der Waals surface area contributed by atoms with Gasteiger partial charge in [0, 0.05) is 29.3 Å². The molecule has 2 saturated carbocycles. The highest BCUT2D eigenvalue weighted by molar-refractivity contribution is 5.86. The van der Waals surface area contributed by atoms with Crippen molar-refractivity contribution in [3.8, 4) is 33.5 Å². The lowest BCUT2D eigenvalue weighted by Gasteiger charge is -2.20. The lowest BCUT2D eigenvalue weighted by Crippen LogP contribution is -2.29. The fourth-order valence-corrected chi connectivity index (χ4v) is 8.42. The summed E-state index contributed by atoms with van der Waals surface area (Å²) in [7, 11) is 0. The van der Waals surface area contributed by atoms with Crippen LogP contribution in [0.15, 0.2) is 60.8 Å². The number of imidazole rings is 2. The Balaban J connectivity index is 0.956. The Labute approximate surface area is 247 Å². The smallest absolute Gasteiger partial charge is 0.299 e. The van der Waals surface area contributed by atoms with E-state index in [1.807, 2.05) is 42.5 Å². The number of hydrogen-bond donors (Lipinski definition) is 4. The first-order valence-electron chi connectivity index (χ1n) is 15.6. The predicted octanol–water partition coefficient (Wildman–Crippen LogP) is 7.37. The van der Waals surface area contributed by atoms with Crippen molar-refractivity contribution >= 4 is 11.0 Å². The zero-order valence-corrected chi connectivity index (χ0v) is 23.7. The van der Waals surface area contributed by atoms with Crippen LogP contribution >= 0.6 is 0 Å². The molecule has 4 atom stereocenters. The Morgan fingerprint density at radius 1 is 0.814 bits per heavy atom. The van der Waals surface area contributed by atoms with Crippen LogP contribution in [-0.2, 0) is 5.92 Å². The summed E-state index contributed by atoms with van der Waals surface area (Å²) < 4.78 is 32.2. The van der Waals surface area contributed by atoms with Gasteiger partial charge in [0.15, 0.2) is 0 Å². The molecular weight excluding hydrogens is 542 g/mol. The van der Waals surface area contributed by atoms with Crippen molar-refractivity contribution in [2.45, 2.75) is 62.6 Å². The van der Waals surface area contributed by atoms with Crippen molar-refractivity contribution in [3.05, 3.63) is 83.6 Å². The molecule has 1 spiro atoms. The first-order chi connectivity index (χ1) is 20.9. The van der Waals surface area contributed by atoms with Gasteiger partial charge in [0.25, 0.3) is 5.92 Å². The molecule has 2 saturated heterocycles. The summed E-state index contributed by atoms with van der Waals surface area (Å²) in [6.07, 6.45) is 9.16. The Morgan fingerprint density at radius 3 is 2.33 bits per heavy atom. The van der Waals surface area contributed by atoms with Gasteiger partial charge in [-0.2, -0.15) is 8.78 Å². The number of halogens is 2. The van der Waals surface area contributed by atoms with Crippen LogP contribution in [0.5, 0.6) is 0 Å². The Kier molecular flexibility index (Phi) is 4.79. The largest absolute Gasteiger partial charge is 0.341 e. The van der Waals surface area contributed by atoms with Crippen molar-refractivity contribution in [2.24, 2.45) is 11.3 Å². The SMILES string of the molecule is FC1(F)c2cc(-c3ccc4nc(C5NC6CC[C@H]5C6)[nH]c4c3)ccc2-c2ccc(-c3cnc(C4CC5(CC5)CN4)[nH]3)cc21. The van der Waals surface area contributed by atoms with Gasteiger partial charge in [-0.15, -0.1) is 0 Å². The average molecular weight is 575 g/mol. The van der Waals surface area contributed by atoms with Gasteiger partial charge in [-0.1, -0.05) is 30.3 Å². The summed E-state index contributed by atoms with van der Waals surface area (Å²) in [6.45, 7) is 1.04. The van der Waals surface area contributed by atoms with Crippen LogP contribution in [0, 0.1) is 11.3 Å². The minimum absolute atomic E-state index is 0.0521. The maximum atomic E-state index is 16.1. The molecule has 3 aromatic carbocycles. The van der Waals surface area contributed by atoms with Crippen molar-refractivity contribution in [1.29, 1.82) is 0 Å². The van der Waals surface area contributed by atoms with Gasteiger partial charge < -0.3 is 20.6 Å². The van der Waals surface area contributed by atoms with E-state index in [2.05, 4.69) is 25.6 Å². The number of aromatic amines is 2. The molecule has 3 aliphatic carbocycles. The van der Waals surface area contributed by atoms with Crippen molar-refractivity contribution < 1.29 is 8.78 Å². The zero-order valence-electron chi connectivity index (χ0n) is 23.7. The number of nitrogens with zero attached hydrogens (tertiary/aromatic N) is 2. The number of hydrogen-bond acceptors (Lipinski definition) is 4. The summed E-state index contributed by atoms with van der Waals surface area (Å²) in [5.74, 6) is -0.571. The van der Waals surface area contributed by atoms with E-state index in [0.29, 0.717) is 28.5 Å². The number of alkyl halides is 2. The fourth-order valence-electron chi connectivity index (χ4n) is 8.42. The summed E-state index contributed by atoms with van der Waals surface area (Å²) >= 11 is 0. The van der Waals surface area contributed by atoms with Gasteiger partial charge in [0.05, 0.1) is 35.0 Å². The van der Waals surface area contributed by atoms with E-state index in [1.54, 1.807) is 18.3 Å². The molecule has 2 aromatic heterocycles. The normalized spacial score (nSPS) is 27.3. The van der Waals surface area contributed by atoms with Gasteiger partial charge in [-0.3, -0.25) is 0 Å². The fraction of sp³-hybridized carbons (Fsp3) is 0.371. The second-order valence-electron chi connectivity index (χ2n) is 13.7. The van der Waals surface area contributed by atoms with E-state index < -0.39 is 5.92 Å². The summed E-state index contributed by atoms with van der Waals surface area (Å²) in [5.41, 5.74) is 6.79. The quantitative estimate of drug-likeness (QED) is 0.181. The highest BCUT2D eigenvalue weighted by Gasteiger charge is 2.49.